The summed E-state index contributed by atoms with van der Waals surface area (Å²) in [5, 5.41) is 9.65. The van der Waals surface area contributed by atoms with E-state index >= 15 is 0 Å². The Kier molecular flexibility index (Phi) is 6.02. The van der Waals surface area contributed by atoms with Gasteiger partial charge in [0.15, 0.2) is 0 Å². The Bertz CT molecular complexity index is 293. The van der Waals surface area contributed by atoms with Gasteiger partial charge in [-0.2, -0.15) is 0 Å². The molecule has 2 heteroatoms. The van der Waals surface area contributed by atoms with Crippen LogP contribution in [0.5, 0.6) is 5.75 Å². The van der Waals surface area contributed by atoms with Crippen molar-refractivity contribution in [3.63, 3.8) is 0 Å². The fourth-order valence-corrected chi connectivity index (χ4v) is 1.53. The summed E-state index contributed by atoms with van der Waals surface area (Å²) in [5.41, 5.74) is 2.22. The summed E-state index contributed by atoms with van der Waals surface area (Å²) < 4.78 is 0. The second kappa shape index (κ2) is 6.46. The van der Waals surface area contributed by atoms with Crippen molar-refractivity contribution >= 4 is 0 Å². The van der Waals surface area contributed by atoms with Crippen LogP contribution in [0.3, 0.4) is 0 Å². The summed E-state index contributed by atoms with van der Waals surface area (Å²) in [7, 11) is 0. The summed E-state index contributed by atoms with van der Waals surface area (Å²) in [6.07, 6.45) is 0. The fraction of sp³-hybridized carbons (Fsp3) is 0.538. The lowest BCUT2D eigenvalue weighted by Gasteiger charge is -2.18. The molecular formula is C13H23NO. The van der Waals surface area contributed by atoms with Gasteiger partial charge in [0.25, 0.3) is 0 Å². The molecular weight excluding hydrogens is 186 g/mol. The average molecular weight is 209 g/mol. The van der Waals surface area contributed by atoms with Gasteiger partial charge in [0, 0.05) is 12.1 Å². The third-order valence-electron chi connectivity index (χ3n) is 2.52. The first-order valence-electron chi connectivity index (χ1n) is 5.18. The predicted molar refractivity (Wildman–Crippen MR) is 66.2 cm³/mol. The number of aryl methyl sites for hydroxylation is 1. The molecule has 15 heavy (non-hydrogen) atoms. The molecule has 0 unspecified atom stereocenters. The number of hydrogen-bond donors (Lipinski definition) is 1. The molecule has 0 heterocycles. The summed E-state index contributed by atoms with van der Waals surface area (Å²) in [4.78, 5) is 2.29. The first kappa shape index (κ1) is 14.0. The highest BCUT2D eigenvalue weighted by molar-refractivity contribution is 5.35. The molecule has 0 fully saturated rings. The lowest BCUT2D eigenvalue weighted by Crippen LogP contribution is -2.22. The van der Waals surface area contributed by atoms with Crippen molar-refractivity contribution in [1.29, 1.82) is 0 Å². The molecule has 86 valence electrons. The number of hydrogen-bond acceptors (Lipinski definition) is 2. The molecule has 0 saturated heterocycles. The zero-order valence-electron chi connectivity index (χ0n) is 9.25. The van der Waals surface area contributed by atoms with Gasteiger partial charge in [-0.3, -0.25) is 4.90 Å². The van der Waals surface area contributed by atoms with Crippen LogP contribution in [0.4, 0.5) is 0 Å². The average Bonchev–Trinajstić information content (AvgIpc) is 2.19. The summed E-state index contributed by atoms with van der Waals surface area (Å²) in [6.45, 7) is 9.19. The fourth-order valence-electron chi connectivity index (χ4n) is 1.53. The molecule has 0 aromatic heterocycles. The van der Waals surface area contributed by atoms with Crippen molar-refractivity contribution in [2.24, 2.45) is 0 Å². The second-order valence-electron chi connectivity index (χ2n) is 3.59. The molecule has 1 rings (SSSR count). The van der Waals surface area contributed by atoms with Crippen LogP contribution in [0.2, 0.25) is 0 Å². The van der Waals surface area contributed by atoms with Crippen molar-refractivity contribution in [3.8, 4) is 5.75 Å². The van der Waals surface area contributed by atoms with Crippen LogP contribution in [0.1, 0.15) is 32.4 Å². The minimum Gasteiger partial charge on any atom is -0.508 e. The van der Waals surface area contributed by atoms with Gasteiger partial charge in [0.05, 0.1) is 0 Å². The van der Waals surface area contributed by atoms with Gasteiger partial charge in [-0.05, 0) is 26.1 Å². The van der Waals surface area contributed by atoms with Crippen LogP contribution in [-0.4, -0.2) is 23.1 Å². The van der Waals surface area contributed by atoms with E-state index in [-0.39, 0.29) is 7.43 Å². The standard InChI is InChI=1S/C12H19NO.CH4/c1-4-13(5-2)9-11-8-10(3)6-7-12(11)14;/h6-8,14H,4-5,9H2,1-3H3;1H4. The molecule has 0 spiro atoms. The Morgan fingerprint density at radius 3 is 2.33 bits per heavy atom. The monoisotopic (exact) mass is 209 g/mol. The molecule has 0 aliphatic carbocycles. The zero-order chi connectivity index (χ0) is 10.6. The van der Waals surface area contributed by atoms with E-state index in [1.165, 1.54) is 5.56 Å². The Labute approximate surface area is 93.5 Å². The van der Waals surface area contributed by atoms with Gasteiger partial charge in [-0.1, -0.05) is 39.0 Å². The lowest BCUT2D eigenvalue weighted by molar-refractivity contribution is 0.291. The first-order valence-corrected chi connectivity index (χ1v) is 5.18. The molecule has 0 aliphatic heterocycles. The van der Waals surface area contributed by atoms with Crippen molar-refractivity contribution < 1.29 is 5.11 Å². The van der Waals surface area contributed by atoms with Gasteiger partial charge in [-0.25, -0.2) is 0 Å². The number of phenols is 1. The summed E-state index contributed by atoms with van der Waals surface area (Å²) in [6, 6.07) is 5.75. The summed E-state index contributed by atoms with van der Waals surface area (Å²) in [5.74, 6) is 0.405. The van der Waals surface area contributed by atoms with E-state index in [1.807, 2.05) is 19.1 Å². The van der Waals surface area contributed by atoms with Crippen LogP contribution in [0, 0.1) is 6.92 Å². The first-order chi connectivity index (χ1) is 6.67. The van der Waals surface area contributed by atoms with E-state index in [1.54, 1.807) is 6.07 Å². The van der Waals surface area contributed by atoms with Crippen molar-refractivity contribution in [1.82, 2.24) is 4.90 Å². The van der Waals surface area contributed by atoms with E-state index in [4.69, 9.17) is 0 Å². The van der Waals surface area contributed by atoms with E-state index in [9.17, 15) is 5.11 Å². The van der Waals surface area contributed by atoms with Gasteiger partial charge in [0.1, 0.15) is 5.75 Å². The van der Waals surface area contributed by atoms with Gasteiger partial charge < -0.3 is 5.11 Å². The van der Waals surface area contributed by atoms with Crippen LogP contribution in [-0.2, 0) is 6.54 Å². The SMILES string of the molecule is C.CCN(CC)Cc1cc(C)ccc1O. The Hall–Kier alpha value is -1.02. The lowest BCUT2D eigenvalue weighted by atomic mass is 10.1. The van der Waals surface area contributed by atoms with E-state index in [0.717, 1.165) is 25.2 Å². The third-order valence-corrected chi connectivity index (χ3v) is 2.52. The van der Waals surface area contributed by atoms with Gasteiger partial charge in [-0.15, -0.1) is 0 Å². The van der Waals surface area contributed by atoms with Gasteiger partial charge >= 0.3 is 0 Å². The number of nitrogens with zero attached hydrogens (tertiary/aromatic N) is 1. The Morgan fingerprint density at radius 2 is 1.80 bits per heavy atom. The number of phenolic OH excluding ortho intramolecular Hbond substituents is 1. The van der Waals surface area contributed by atoms with Crippen LogP contribution in [0.15, 0.2) is 18.2 Å². The molecule has 1 aromatic rings. The molecule has 2 nitrogen and oxygen atoms in total. The van der Waals surface area contributed by atoms with Crippen molar-refractivity contribution in [3.05, 3.63) is 29.3 Å². The highest BCUT2D eigenvalue weighted by Crippen LogP contribution is 2.19. The van der Waals surface area contributed by atoms with Crippen molar-refractivity contribution in [2.75, 3.05) is 13.1 Å². The summed E-state index contributed by atoms with van der Waals surface area (Å²) >= 11 is 0. The number of rotatable bonds is 4. The largest absolute Gasteiger partial charge is 0.508 e. The molecule has 0 amide bonds. The normalized spacial score (nSPS) is 10.1. The molecule has 1 N–H and O–H groups in total. The molecule has 0 aliphatic rings. The smallest absolute Gasteiger partial charge is 0.120 e. The van der Waals surface area contributed by atoms with Crippen LogP contribution >= 0.6 is 0 Å². The van der Waals surface area contributed by atoms with E-state index < -0.39 is 0 Å². The highest BCUT2D eigenvalue weighted by atomic mass is 16.3. The molecule has 0 saturated carbocycles. The third kappa shape index (κ3) is 3.92. The van der Waals surface area contributed by atoms with Crippen LogP contribution in [0.25, 0.3) is 0 Å². The van der Waals surface area contributed by atoms with E-state index in [0.29, 0.717) is 5.75 Å². The highest BCUT2D eigenvalue weighted by Gasteiger charge is 2.05. The second-order valence-corrected chi connectivity index (χ2v) is 3.59. The predicted octanol–water partition coefficient (Wildman–Crippen LogP) is 3.18. The number of aromatic hydroxyl groups is 1. The minimum absolute atomic E-state index is 0. The Balaban J connectivity index is 0.00000196. The molecule has 0 radical (unpaired) electrons. The van der Waals surface area contributed by atoms with Crippen molar-refractivity contribution in [2.45, 2.75) is 34.7 Å². The molecule has 0 atom stereocenters. The topological polar surface area (TPSA) is 23.5 Å². The van der Waals surface area contributed by atoms with E-state index in [2.05, 4.69) is 18.7 Å². The number of benzene rings is 1. The quantitative estimate of drug-likeness (QED) is 0.823. The maximum absolute atomic E-state index is 9.65. The zero-order valence-corrected chi connectivity index (χ0v) is 9.25. The van der Waals surface area contributed by atoms with Crippen LogP contribution < -0.4 is 0 Å². The molecule has 1 aromatic carbocycles. The Morgan fingerprint density at radius 1 is 1.20 bits per heavy atom. The van der Waals surface area contributed by atoms with Gasteiger partial charge in [0.2, 0.25) is 0 Å². The molecule has 0 bridgehead atoms. The maximum Gasteiger partial charge on any atom is 0.120 e. The maximum atomic E-state index is 9.65. The minimum atomic E-state index is 0.